The Kier molecular flexibility index (Phi) is 5.43. The number of piperidine rings is 1. The van der Waals surface area contributed by atoms with Crippen LogP contribution in [0.4, 0.5) is 0 Å². The molecule has 1 saturated heterocycles. The van der Waals surface area contributed by atoms with Crippen molar-refractivity contribution in [2.45, 2.75) is 12.8 Å². The second-order valence-electron chi connectivity index (χ2n) is 6.74. The SMILES string of the molecule is Cn1nc(C(=O)NC[C@@H]2CCCN(S(C)(=O)=O)C2)cc1-c1ccccc1. The largest absolute Gasteiger partial charge is 0.350 e. The number of carbonyl (C=O) groups excluding carboxylic acids is 1. The maximum absolute atomic E-state index is 12.4. The van der Waals surface area contributed by atoms with Gasteiger partial charge in [-0.3, -0.25) is 9.48 Å². The number of aromatic nitrogens is 2. The highest BCUT2D eigenvalue weighted by molar-refractivity contribution is 7.88. The summed E-state index contributed by atoms with van der Waals surface area (Å²) in [7, 11) is -1.37. The van der Waals surface area contributed by atoms with E-state index in [1.807, 2.05) is 37.4 Å². The van der Waals surface area contributed by atoms with E-state index in [2.05, 4.69) is 10.4 Å². The molecular weight excluding hydrogens is 352 g/mol. The van der Waals surface area contributed by atoms with Gasteiger partial charge in [0.25, 0.3) is 5.91 Å². The van der Waals surface area contributed by atoms with Gasteiger partial charge in [0.05, 0.1) is 11.9 Å². The van der Waals surface area contributed by atoms with Crippen molar-refractivity contribution in [2.24, 2.45) is 13.0 Å². The van der Waals surface area contributed by atoms with Gasteiger partial charge in [-0.15, -0.1) is 0 Å². The molecule has 0 unspecified atom stereocenters. The smallest absolute Gasteiger partial charge is 0.271 e. The summed E-state index contributed by atoms with van der Waals surface area (Å²) in [6.45, 7) is 1.46. The van der Waals surface area contributed by atoms with Gasteiger partial charge in [0.15, 0.2) is 5.69 Å². The van der Waals surface area contributed by atoms with E-state index in [9.17, 15) is 13.2 Å². The molecule has 1 aliphatic heterocycles. The summed E-state index contributed by atoms with van der Waals surface area (Å²) in [4.78, 5) is 12.4. The van der Waals surface area contributed by atoms with Gasteiger partial charge in [0, 0.05) is 26.7 Å². The summed E-state index contributed by atoms with van der Waals surface area (Å²) < 4.78 is 26.6. The zero-order valence-corrected chi connectivity index (χ0v) is 15.9. The van der Waals surface area contributed by atoms with Crippen LogP contribution >= 0.6 is 0 Å². The Balaban J connectivity index is 1.62. The van der Waals surface area contributed by atoms with Gasteiger partial charge in [0.2, 0.25) is 10.0 Å². The molecular formula is C18H24N4O3S. The number of nitrogens with one attached hydrogen (secondary N) is 1. The minimum absolute atomic E-state index is 0.125. The fourth-order valence-electron chi connectivity index (χ4n) is 3.28. The molecule has 1 fully saturated rings. The zero-order valence-electron chi connectivity index (χ0n) is 15.1. The third-order valence-corrected chi connectivity index (χ3v) is 5.95. The second kappa shape index (κ2) is 7.59. The molecule has 2 heterocycles. The molecule has 0 saturated carbocycles. The molecule has 8 heteroatoms. The number of sulfonamides is 1. The fourth-order valence-corrected chi connectivity index (χ4v) is 4.22. The molecule has 7 nitrogen and oxygen atoms in total. The van der Waals surface area contributed by atoms with Gasteiger partial charge in [-0.2, -0.15) is 5.10 Å². The summed E-state index contributed by atoms with van der Waals surface area (Å²) in [6.07, 6.45) is 2.95. The first-order chi connectivity index (χ1) is 12.3. The van der Waals surface area contributed by atoms with Crippen LogP contribution in [0.2, 0.25) is 0 Å². The Labute approximate surface area is 154 Å². The summed E-state index contributed by atoms with van der Waals surface area (Å²) >= 11 is 0. The molecule has 2 aromatic rings. The van der Waals surface area contributed by atoms with Crippen LogP contribution in [-0.4, -0.2) is 54.3 Å². The molecule has 1 amide bonds. The predicted octanol–water partition coefficient (Wildman–Crippen LogP) is 1.49. The Hall–Kier alpha value is -2.19. The fraction of sp³-hybridized carbons (Fsp3) is 0.444. The highest BCUT2D eigenvalue weighted by atomic mass is 32.2. The van der Waals surface area contributed by atoms with E-state index in [0.717, 1.165) is 24.1 Å². The molecule has 0 bridgehead atoms. The van der Waals surface area contributed by atoms with Crippen LogP contribution in [-0.2, 0) is 17.1 Å². The van der Waals surface area contributed by atoms with Crippen LogP contribution in [0.25, 0.3) is 11.3 Å². The van der Waals surface area contributed by atoms with E-state index >= 15 is 0 Å². The number of carbonyl (C=O) groups is 1. The molecule has 0 radical (unpaired) electrons. The van der Waals surface area contributed by atoms with Crippen molar-refractivity contribution < 1.29 is 13.2 Å². The van der Waals surface area contributed by atoms with Crippen LogP contribution in [0.5, 0.6) is 0 Å². The Morgan fingerprint density at radius 3 is 2.73 bits per heavy atom. The monoisotopic (exact) mass is 376 g/mol. The average molecular weight is 376 g/mol. The molecule has 1 aromatic carbocycles. The minimum atomic E-state index is -3.18. The van der Waals surface area contributed by atoms with Gasteiger partial charge in [-0.05, 0) is 30.4 Å². The number of hydrogen-bond acceptors (Lipinski definition) is 4. The van der Waals surface area contributed by atoms with Gasteiger partial charge in [0.1, 0.15) is 0 Å². The first kappa shape index (κ1) is 18.6. The van der Waals surface area contributed by atoms with Gasteiger partial charge >= 0.3 is 0 Å². The van der Waals surface area contributed by atoms with Gasteiger partial charge in [-0.1, -0.05) is 30.3 Å². The standard InChI is InChI=1S/C18H24N4O3S/c1-21-17(15-8-4-3-5-9-15)11-16(20-21)18(23)19-12-14-7-6-10-22(13-14)26(2,24)25/h3-5,8-9,11,14H,6-7,10,12-13H2,1-2H3,(H,19,23)/t14-/m0/s1. The molecule has 1 aliphatic rings. The van der Waals surface area contributed by atoms with Gasteiger partial charge < -0.3 is 5.32 Å². The first-order valence-electron chi connectivity index (χ1n) is 8.67. The molecule has 1 atom stereocenters. The third-order valence-electron chi connectivity index (χ3n) is 4.68. The summed E-state index contributed by atoms with van der Waals surface area (Å²) in [5.74, 6) is -0.112. The van der Waals surface area contributed by atoms with Crippen molar-refractivity contribution in [1.29, 1.82) is 0 Å². The molecule has 1 N–H and O–H groups in total. The number of rotatable bonds is 5. The molecule has 0 spiro atoms. The van der Waals surface area contributed by atoms with Crippen molar-refractivity contribution in [3.8, 4) is 11.3 Å². The quantitative estimate of drug-likeness (QED) is 0.857. The number of hydrogen-bond donors (Lipinski definition) is 1. The summed E-state index contributed by atoms with van der Waals surface area (Å²) in [6, 6.07) is 11.5. The summed E-state index contributed by atoms with van der Waals surface area (Å²) in [5.41, 5.74) is 2.23. The van der Waals surface area contributed by atoms with Gasteiger partial charge in [-0.25, -0.2) is 12.7 Å². The van der Waals surface area contributed by atoms with Crippen molar-refractivity contribution in [2.75, 3.05) is 25.9 Å². The zero-order chi connectivity index (χ0) is 18.7. The highest BCUT2D eigenvalue weighted by Crippen LogP contribution is 2.20. The lowest BCUT2D eigenvalue weighted by atomic mass is 10.00. The molecule has 3 rings (SSSR count). The Morgan fingerprint density at radius 1 is 1.31 bits per heavy atom. The average Bonchev–Trinajstić information content (AvgIpc) is 3.02. The first-order valence-corrected chi connectivity index (χ1v) is 10.5. The number of nitrogens with zero attached hydrogens (tertiary/aromatic N) is 3. The van der Waals surface area contributed by atoms with E-state index in [-0.39, 0.29) is 11.8 Å². The number of benzene rings is 1. The topological polar surface area (TPSA) is 84.3 Å². The van der Waals surface area contributed by atoms with Crippen molar-refractivity contribution in [3.05, 3.63) is 42.1 Å². The molecule has 1 aromatic heterocycles. The maximum atomic E-state index is 12.4. The lowest BCUT2D eigenvalue weighted by Crippen LogP contribution is -2.43. The molecule has 140 valence electrons. The minimum Gasteiger partial charge on any atom is -0.350 e. The van der Waals surface area contributed by atoms with Crippen molar-refractivity contribution in [1.82, 2.24) is 19.4 Å². The normalized spacial score (nSPS) is 18.6. The van der Waals surface area contributed by atoms with E-state index in [1.54, 1.807) is 10.7 Å². The van der Waals surface area contributed by atoms with Crippen molar-refractivity contribution in [3.63, 3.8) is 0 Å². The van der Waals surface area contributed by atoms with E-state index in [1.165, 1.54) is 10.6 Å². The van der Waals surface area contributed by atoms with Crippen LogP contribution in [0.3, 0.4) is 0 Å². The number of amides is 1. The van der Waals surface area contributed by atoms with Crippen LogP contribution in [0.1, 0.15) is 23.3 Å². The Bertz CT molecular complexity index is 877. The maximum Gasteiger partial charge on any atom is 0.271 e. The Morgan fingerprint density at radius 2 is 2.04 bits per heavy atom. The lowest BCUT2D eigenvalue weighted by molar-refractivity contribution is 0.0936. The third kappa shape index (κ3) is 4.31. The van der Waals surface area contributed by atoms with E-state index < -0.39 is 10.0 Å². The van der Waals surface area contributed by atoms with Crippen LogP contribution in [0, 0.1) is 5.92 Å². The highest BCUT2D eigenvalue weighted by Gasteiger charge is 2.26. The van der Waals surface area contributed by atoms with Crippen LogP contribution in [0.15, 0.2) is 36.4 Å². The second-order valence-corrected chi connectivity index (χ2v) is 8.73. The molecule has 26 heavy (non-hydrogen) atoms. The molecule has 0 aliphatic carbocycles. The van der Waals surface area contributed by atoms with E-state index in [4.69, 9.17) is 0 Å². The van der Waals surface area contributed by atoms with E-state index in [0.29, 0.717) is 25.3 Å². The predicted molar refractivity (Wildman–Crippen MR) is 100 cm³/mol. The van der Waals surface area contributed by atoms with Crippen molar-refractivity contribution >= 4 is 15.9 Å². The number of aryl methyl sites for hydroxylation is 1. The summed E-state index contributed by atoms with van der Waals surface area (Å²) in [5, 5.41) is 7.20. The lowest BCUT2D eigenvalue weighted by Gasteiger charge is -2.30. The van der Waals surface area contributed by atoms with Crippen LogP contribution < -0.4 is 5.32 Å².